The Morgan fingerprint density at radius 3 is 1.71 bits per heavy atom. The van der Waals surface area contributed by atoms with Gasteiger partial charge < -0.3 is 4.90 Å². The topological polar surface area (TPSA) is 3.24 Å². The Bertz CT molecular complexity index is 2050. The molecule has 4 fully saturated rings. The van der Waals surface area contributed by atoms with Crippen LogP contribution in [-0.2, 0) is 16.2 Å². The van der Waals surface area contributed by atoms with Crippen molar-refractivity contribution in [1.29, 1.82) is 0 Å². The number of hydrogen-bond acceptors (Lipinski definition) is 1. The highest BCUT2D eigenvalue weighted by molar-refractivity contribution is 5.86. The number of rotatable bonds is 4. The number of hydrogen-bond donors (Lipinski definition) is 0. The summed E-state index contributed by atoms with van der Waals surface area (Å²) in [6.45, 7) is 9.67. The van der Waals surface area contributed by atoms with Crippen LogP contribution < -0.4 is 4.90 Å². The second kappa shape index (κ2) is 10.5. The summed E-state index contributed by atoms with van der Waals surface area (Å²) in [6, 6.07) is 44.5. The van der Waals surface area contributed by atoms with Gasteiger partial charge in [-0.3, -0.25) is 0 Å². The van der Waals surface area contributed by atoms with Crippen molar-refractivity contribution < 1.29 is 0 Å². The molecule has 1 spiro atoms. The molecule has 0 heterocycles. The molecule has 0 amide bonds. The number of nitrogens with zero attached hydrogens (tertiary/aromatic N) is 1. The third kappa shape index (κ3) is 4.30. The third-order valence-electron chi connectivity index (χ3n) is 14.1. The molecular weight excluding hydrogens is 591 g/mol. The lowest BCUT2D eigenvalue weighted by Gasteiger charge is -2.61. The van der Waals surface area contributed by atoms with Gasteiger partial charge in [-0.25, -0.2) is 0 Å². The maximum atomic E-state index is 2.55. The van der Waals surface area contributed by atoms with Crippen LogP contribution in [0.3, 0.4) is 0 Å². The van der Waals surface area contributed by atoms with Crippen LogP contribution in [-0.4, -0.2) is 0 Å². The Kier molecular flexibility index (Phi) is 6.36. The summed E-state index contributed by atoms with van der Waals surface area (Å²) in [7, 11) is 0. The van der Waals surface area contributed by atoms with Crippen LogP contribution in [0, 0.1) is 23.7 Å². The summed E-state index contributed by atoms with van der Waals surface area (Å²) in [4.78, 5) is 2.44. The molecule has 0 N–H and O–H groups in total. The fourth-order valence-electron chi connectivity index (χ4n) is 11.9. The normalized spacial score (nSPS) is 27.8. The van der Waals surface area contributed by atoms with Crippen LogP contribution in [0.1, 0.15) is 94.9 Å². The molecule has 0 atom stereocenters. The molecule has 0 radical (unpaired) electrons. The molecule has 1 heteroatoms. The smallest absolute Gasteiger partial charge is 0.0464 e. The predicted octanol–water partition coefficient (Wildman–Crippen LogP) is 12.9. The summed E-state index contributed by atoms with van der Waals surface area (Å²) in [5, 5.41) is 0. The van der Waals surface area contributed by atoms with E-state index >= 15 is 0 Å². The second-order valence-electron chi connectivity index (χ2n) is 17.7. The molecule has 0 saturated heterocycles. The summed E-state index contributed by atoms with van der Waals surface area (Å²) < 4.78 is 0. The van der Waals surface area contributed by atoms with Gasteiger partial charge in [-0.2, -0.15) is 0 Å². The third-order valence-corrected chi connectivity index (χ3v) is 14.1. The first-order valence-corrected chi connectivity index (χ1v) is 19.1. The van der Waals surface area contributed by atoms with Crippen molar-refractivity contribution in [3.05, 3.63) is 138 Å². The quantitative estimate of drug-likeness (QED) is 0.189. The molecule has 0 aliphatic heterocycles. The van der Waals surface area contributed by atoms with Gasteiger partial charge in [-0.15, -0.1) is 0 Å². The van der Waals surface area contributed by atoms with Crippen molar-refractivity contribution in [2.24, 2.45) is 23.7 Å². The average Bonchev–Trinajstić information content (AvgIpc) is 3.40. The number of fused-ring (bicyclic) bond motifs is 4. The Labute approximate surface area is 293 Å². The minimum absolute atomic E-state index is 0.161. The Morgan fingerprint density at radius 2 is 1.00 bits per heavy atom. The van der Waals surface area contributed by atoms with Crippen molar-refractivity contribution in [3.8, 4) is 22.3 Å². The van der Waals surface area contributed by atoms with E-state index in [0.717, 1.165) is 23.7 Å². The highest BCUT2D eigenvalue weighted by Gasteiger charge is 2.61. The van der Waals surface area contributed by atoms with E-state index in [0.29, 0.717) is 0 Å². The first-order chi connectivity index (χ1) is 23.7. The molecule has 0 aromatic heterocycles. The minimum atomic E-state index is 0.161. The molecule has 11 rings (SSSR count). The molecule has 49 heavy (non-hydrogen) atoms. The standard InChI is InChI=1S/C48H49N/c1-46(2)22-23-47(3,4)45-30-39(19-21-44(45)46)49(37-10-6-5-7-11-37)38-17-14-33(15-18-38)34-16-20-43-41(29-34)40-12-8-9-13-42(40)48(43)35-25-31-24-32(27-35)28-36(48)26-31/h5-21,29-32,35-36H,22-28H2,1-4H3. The van der Waals surface area contributed by atoms with E-state index < -0.39 is 0 Å². The van der Waals surface area contributed by atoms with E-state index in [-0.39, 0.29) is 16.2 Å². The molecule has 6 aliphatic carbocycles. The fourth-order valence-corrected chi connectivity index (χ4v) is 11.9. The van der Waals surface area contributed by atoms with Crippen LogP contribution in [0.15, 0.2) is 115 Å². The first-order valence-electron chi connectivity index (χ1n) is 19.1. The van der Waals surface area contributed by atoms with Gasteiger partial charge >= 0.3 is 0 Å². The largest absolute Gasteiger partial charge is 0.310 e. The monoisotopic (exact) mass is 639 g/mol. The van der Waals surface area contributed by atoms with Gasteiger partial charge in [0, 0.05) is 22.5 Å². The zero-order chi connectivity index (χ0) is 33.1. The van der Waals surface area contributed by atoms with Crippen molar-refractivity contribution in [2.45, 2.75) is 88.9 Å². The predicted molar refractivity (Wildman–Crippen MR) is 205 cm³/mol. The zero-order valence-electron chi connectivity index (χ0n) is 29.7. The fraction of sp³-hybridized carbons (Fsp3) is 0.375. The SMILES string of the molecule is CC1(C)CCC(C)(C)c2cc(N(c3ccccc3)c3ccc(-c4ccc5c(c4)-c4ccccc4C54C5CC6CC(C5)CC4C6)cc3)ccc21. The van der Waals surface area contributed by atoms with E-state index in [1.165, 1.54) is 95.4 Å². The zero-order valence-corrected chi connectivity index (χ0v) is 29.7. The molecule has 4 bridgehead atoms. The van der Waals surface area contributed by atoms with E-state index in [2.05, 4.69) is 148 Å². The molecule has 4 saturated carbocycles. The van der Waals surface area contributed by atoms with Crippen molar-refractivity contribution in [2.75, 3.05) is 4.90 Å². The Hall–Kier alpha value is -4.10. The van der Waals surface area contributed by atoms with Gasteiger partial charge in [0.15, 0.2) is 0 Å². The number of para-hydroxylation sites is 1. The van der Waals surface area contributed by atoms with Gasteiger partial charge in [0.1, 0.15) is 0 Å². The van der Waals surface area contributed by atoms with Crippen LogP contribution in [0.25, 0.3) is 22.3 Å². The molecule has 5 aromatic carbocycles. The van der Waals surface area contributed by atoms with Crippen LogP contribution in [0.2, 0.25) is 0 Å². The minimum Gasteiger partial charge on any atom is -0.310 e. The van der Waals surface area contributed by atoms with Crippen molar-refractivity contribution >= 4 is 17.1 Å². The maximum Gasteiger partial charge on any atom is 0.0464 e. The summed E-state index contributed by atoms with van der Waals surface area (Å²) >= 11 is 0. The van der Waals surface area contributed by atoms with Gasteiger partial charge in [-0.05, 0) is 166 Å². The highest BCUT2D eigenvalue weighted by atomic mass is 15.1. The molecule has 246 valence electrons. The van der Waals surface area contributed by atoms with Gasteiger partial charge in [-0.1, -0.05) is 100 Å². The van der Waals surface area contributed by atoms with Crippen molar-refractivity contribution in [3.63, 3.8) is 0 Å². The van der Waals surface area contributed by atoms with E-state index in [1.54, 1.807) is 11.1 Å². The highest BCUT2D eigenvalue weighted by Crippen LogP contribution is 2.69. The molecule has 5 aromatic rings. The first kappa shape index (κ1) is 29.8. The lowest BCUT2D eigenvalue weighted by atomic mass is 9.43. The molecule has 6 aliphatic rings. The van der Waals surface area contributed by atoms with Gasteiger partial charge in [0.2, 0.25) is 0 Å². The van der Waals surface area contributed by atoms with E-state index in [4.69, 9.17) is 0 Å². The summed E-state index contributed by atoms with van der Waals surface area (Å²) in [5.74, 6) is 3.55. The number of anilines is 3. The Morgan fingerprint density at radius 1 is 0.449 bits per heavy atom. The van der Waals surface area contributed by atoms with Crippen LogP contribution >= 0.6 is 0 Å². The van der Waals surface area contributed by atoms with Gasteiger partial charge in [0.05, 0.1) is 0 Å². The molecule has 0 unspecified atom stereocenters. The van der Waals surface area contributed by atoms with E-state index in [9.17, 15) is 0 Å². The van der Waals surface area contributed by atoms with Crippen LogP contribution in [0.4, 0.5) is 17.1 Å². The van der Waals surface area contributed by atoms with Gasteiger partial charge in [0.25, 0.3) is 0 Å². The lowest BCUT2D eigenvalue weighted by molar-refractivity contribution is -0.0399. The lowest BCUT2D eigenvalue weighted by Crippen LogP contribution is -2.55. The summed E-state index contributed by atoms with van der Waals surface area (Å²) in [5.41, 5.74) is 16.1. The molecular formula is C48H49N. The second-order valence-corrected chi connectivity index (χ2v) is 17.7. The Balaban J connectivity index is 1.04. The maximum absolute atomic E-state index is 2.55. The molecule has 1 nitrogen and oxygen atoms in total. The van der Waals surface area contributed by atoms with Crippen LogP contribution in [0.5, 0.6) is 0 Å². The summed E-state index contributed by atoms with van der Waals surface area (Å²) in [6.07, 6.45) is 9.67. The number of benzene rings is 5. The van der Waals surface area contributed by atoms with E-state index in [1.807, 2.05) is 0 Å². The van der Waals surface area contributed by atoms with Crippen molar-refractivity contribution in [1.82, 2.24) is 0 Å². The average molecular weight is 640 g/mol.